The molecule has 62 valence electrons. The van der Waals surface area contributed by atoms with Gasteiger partial charge in [0.1, 0.15) is 0 Å². The third-order valence-electron chi connectivity index (χ3n) is 3.40. The van der Waals surface area contributed by atoms with E-state index in [9.17, 15) is 0 Å². The molecule has 4 aliphatic heterocycles. The monoisotopic (exact) mass is 154 g/mol. The Hall–Kier alpha value is -0.120. The van der Waals surface area contributed by atoms with Gasteiger partial charge >= 0.3 is 0 Å². The Morgan fingerprint density at radius 1 is 1.27 bits per heavy atom. The third-order valence-corrected chi connectivity index (χ3v) is 3.40. The van der Waals surface area contributed by atoms with E-state index in [2.05, 4.69) is 10.4 Å². The lowest BCUT2D eigenvalue weighted by atomic mass is 9.81. The molecule has 0 saturated carbocycles. The molecule has 0 aromatic heterocycles. The van der Waals surface area contributed by atoms with Gasteiger partial charge < -0.3 is 0 Å². The van der Waals surface area contributed by atoms with E-state index in [1.165, 1.54) is 25.9 Å². The van der Waals surface area contributed by atoms with Crippen LogP contribution >= 0.6 is 0 Å². The highest BCUT2D eigenvalue weighted by Gasteiger charge is 2.45. The molecule has 0 aromatic rings. The molecule has 0 radical (unpaired) electrons. The largest absolute Gasteiger partial charge is 0.296 e. The molecule has 3 nitrogen and oxygen atoms in total. The van der Waals surface area contributed by atoms with Crippen LogP contribution in [0.2, 0.25) is 0 Å². The summed E-state index contributed by atoms with van der Waals surface area (Å²) in [5, 5.41) is 0. The number of nitrogens with zero attached hydrogens (tertiary/aromatic N) is 1. The van der Waals surface area contributed by atoms with E-state index < -0.39 is 0 Å². The van der Waals surface area contributed by atoms with E-state index >= 15 is 0 Å². The lowest BCUT2D eigenvalue weighted by molar-refractivity contribution is -0.0782. The fourth-order valence-electron chi connectivity index (χ4n) is 2.75. The fraction of sp³-hybridized carbons (Fsp3) is 1.00. The van der Waals surface area contributed by atoms with Gasteiger partial charge in [0.05, 0.1) is 12.1 Å². The highest BCUT2D eigenvalue weighted by Crippen LogP contribution is 2.35. The standard InChI is InChI=1S/C8H14N2O/c1-3-10-4-2-6(1)8-7(10)5-9-11-8/h6-9H,1-5H2. The van der Waals surface area contributed by atoms with Gasteiger partial charge in [-0.2, -0.15) is 0 Å². The molecule has 4 saturated heterocycles. The molecule has 0 spiro atoms. The average Bonchev–Trinajstić information content (AvgIpc) is 2.55. The van der Waals surface area contributed by atoms with Crippen LogP contribution in [-0.4, -0.2) is 36.7 Å². The van der Waals surface area contributed by atoms with E-state index in [1.807, 2.05) is 0 Å². The van der Waals surface area contributed by atoms with E-state index in [-0.39, 0.29) is 0 Å². The Bertz CT molecular complexity index is 147. The first-order valence-corrected chi connectivity index (χ1v) is 4.58. The summed E-state index contributed by atoms with van der Waals surface area (Å²) in [5.41, 5.74) is 3.02. The Labute approximate surface area is 66.7 Å². The van der Waals surface area contributed by atoms with Gasteiger partial charge in [0.25, 0.3) is 0 Å². The number of piperidine rings is 3. The van der Waals surface area contributed by atoms with E-state index in [0.717, 1.165) is 12.5 Å². The molecule has 2 bridgehead atoms. The Kier molecular flexibility index (Phi) is 1.27. The van der Waals surface area contributed by atoms with Gasteiger partial charge in [-0.1, -0.05) is 0 Å². The van der Waals surface area contributed by atoms with Crippen molar-refractivity contribution in [3.05, 3.63) is 0 Å². The van der Waals surface area contributed by atoms with Crippen LogP contribution in [0, 0.1) is 5.92 Å². The lowest BCUT2D eigenvalue weighted by Gasteiger charge is -2.46. The van der Waals surface area contributed by atoms with Crippen molar-refractivity contribution in [2.45, 2.75) is 25.0 Å². The van der Waals surface area contributed by atoms with Crippen molar-refractivity contribution in [2.75, 3.05) is 19.6 Å². The summed E-state index contributed by atoms with van der Waals surface area (Å²) in [6, 6.07) is 0.697. The van der Waals surface area contributed by atoms with Gasteiger partial charge in [-0.25, -0.2) is 5.48 Å². The molecule has 4 heterocycles. The zero-order chi connectivity index (χ0) is 7.26. The average molecular weight is 154 g/mol. The van der Waals surface area contributed by atoms with Gasteiger partial charge in [0, 0.05) is 6.54 Å². The number of hydroxylamine groups is 1. The minimum absolute atomic E-state index is 0.512. The SMILES string of the molecule is C1CN2CCC1C1ONCC12. The van der Waals surface area contributed by atoms with Crippen LogP contribution in [0.1, 0.15) is 12.8 Å². The van der Waals surface area contributed by atoms with Crippen molar-refractivity contribution in [1.82, 2.24) is 10.4 Å². The summed E-state index contributed by atoms with van der Waals surface area (Å²) < 4.78 is 0. The second-order valence-electron chi connectivity index (χ2n) is 3.87. The number of nitrogens with one attached hydrogen (secondary N) is 1. The van der Waals surface area contributed by atoms with Crippen LogP contribution in [-0.2, 0) is 4.84 Å². The molecule has 4 rings (SSSR count). The lowest BCUT2D eigenvalue weighted by Crippen LogP contribution is -2.56. The van der Waals surface area contributed by atoms with E-state index in [1.54, 1.807) is 0 Å². The molecule has 0 aromatic carbocycles. The van der Waals surface area contributed by atoms with Crippen LogP contribution in [0.25, 0.3) is 0 Å². The maximum atomic E-state index is 5.50. The molecule has 4 aliphatic rings. The molecule has 11 heavy (non-hydrogen) atoms. The third kappa shape index (κ3) is 0.789. The van der Waals surface area contributed by atoms with Crippen LogP contribution in [0.3, 0.4) is 0 Å². The first kappa shape index (κ1) is 6.40. The molecule has 0 amide bonds. The summed E-state index contributed by atoms with van der Waals surface area (Å²) in [7, 11) is 0. The quantitative estimate of drug-likeness (QED) is 0.531. The Morgan fingerprint density at radius 2 is 2.09 bits per heavy atom. The normalized spacial score (nSPS) is 54.5. The van der Waals surface area contributed by atoms with Crippen molar-refractivity contribution in [2.24, 2.45) is 5.92 Å². The van der Waals surface area contributed by atoms with Crippen molar-refractivity contribution < 1.29 is 4.84 Å². The Morgan fingerprint density at radius 3 is 2.82 bits per heavy atom. The summed E-state index contributed by atoms with van der Waals surface area (Å²) >= 11 is 0. The van der Waals surface area contributed by atoms with Crippen molar-refractivity contribution in [3.8, 4) is 0 Å². The molecule has 0 aliphatic carbocycles. The zero-order valence-corrected chi connectivity index (χ0v) is 6.62. The minimum Gasteiger partial charge on any atom is -0.296 e. The summed E-state index contributed by atoms with van der Waals surface area (Å²) in [6.07, 6.45) is 3.21. The van der Waals surface area contributed by atoms with Gasteiger partial charge in [-0.05, 0) is 31.8 Å². The van der Waals surface area contributed by atoms with Crippen molar-refractivity contribution >= 4 is 0 Å². The molecule has 2 atom stereocenters. The molecule has 4 fully saturated rings. The number of rotatable bonds is 0. The summed E-state index contributed by atoms with van der Waals surface area (Å²) in [4.78, 5) is 8.07. The predicted octanol–water partition coefficient (Wildman–Crippen LogP) is -0.0160. The number of hydrogen-bond donors (Lipinski definition) is 1. The number of hydrogen-bond acceptors (Lipinski definition) is 3. The molecular formula is C8H14N2O. The van der Waals surface area contributed by atoms with Crippen LogP contribution in [0.15, 0.2) is 0 Å². The second-order valence-corrected chi connectivity index (χ2v) is 3.87. The maximum Gasteiger partial charge on any atom is 0.0987 e. The van der Waals surface area contributed by atoms with Crippen molar-refractivity contribution in [3.63, 3.8) is 0 Å². The van der Waals surface area contributed by atoms with E-state index in [4.69, 9.17) is 4.84 Å². The van der Waals surface area contributed by atoms with Crippen LogP contribution < -0.4 is 5.48 Å². The van der Waals surface area contributed by atoms with Gasteiger partial charge in [-0.15, -0.1) is 0 Å². The number of fused-ring (bicyclic) bond motifs is 2. The second kappa shape index (κ2) is 2.19. The zero-order valence-electron chi connectivity index (χ0n) is 6.62. The molecule has 2 unspecified atom stereocenters. The maximum absolute atomic E-state index is 5.50. The Balaban J connectivity index is 1.89. The van der Waals surface area contributed by atoms with Gasteiger partial charge in [0.15, 0.2) is 0 Å². The fourth-order valence-corrected chi connectivity index (χ4v) is 2.75. The smallest absolute Gasteiger partial charge is 0.0987 e. The first-order chi connectivity index (χ1) is 5.45. The van der Waals surface area contributed by atoms with Crippen LogP contribution in [0.5, 0.6) is 0 Å². The highest BCUT2D eigenvalue weighted by molar-refractivity contribution is 4.98. The topological polar surface area (TPSA) is 24.5 Å². The first-order valence-electron chi connectivity index (χ1n) is 4.58. The van der Waals surface area contributed by atoms with Gasteiger partial charge in [0.2, 0.25) is 0 Å². The minimum atomic E-state index is 0.512. The molecule has 1 N–H and O–H groups in total. The molecular weight excluding hydrogens is 140 g/mol. The van der Waals surface area contributed by atoms with Crippen LogP contribution in [0.4, 0.5) is 0 Å². The predicted molar refractivity (Wildman–Crippen MR) is 41.0 cm³/mol. The van der Waals surface area contributed by atoms with Crippen molar-refractivity contribution in [1.29, 1.82) is 0 Å². The highest BCUT2D eigenvalue weighted by atomic mass is 16.7. The summed E-state index contributed by atoms with van der Waals surface area (Å²) in [6.45, 7) is 3.65. The summed E-state index contributed by atoms with van der Waals surface area (Å²) in [5.74, 6) is 0.847. The molecule has 3 heteroatoms. The van der Waals surface area contributed by atoms with E-state index in [0.29, 0.717) is 12.1 Å². The van der Waals surface area contributed by atoms with Gasteiger partial charge in [-0.3, -0.25) is 9.74 Å².